The van der Waals surface area contributed by atoms with Gasteiger partial charge in [0, 0.05) is 29.6 Å². The topological polar surface area (TPSA) is 24.9 Å². The molecular weight excluding hydrogens is 275 g/mol. The average Bonchev–Trinajstić information content (AvgIpc) is 2.21. The predicted octanol–water partition coefficient (Wildman–Crippen LogP) is 3.20. The van der Waals surface area contributed by atoms with Crippen molar-refractivity contribution in [2.45, 2.75) is 20.4 Å². The van der Waals surface area contributed by atoms with Crippen LogP contribution in [0.15, 0.2) is 22.8 Å². The number of alkyl halides is 1. The van der Waals surface area contributed by atoms with Gasteiger partial charge in [-0.2, -0.15) is 0 Å². The summed E-state index contributed by atoms with van der Waals surface area (Å²) >= 11 is 9.19. The molecular formula is C11H16BrClN2. The van der Waals surface area contributed by atoms with E-state index in [-0.39, 0.29) is 5.41 Å². The summed E-state index contributed by atoms with van der Waals surface area (Å²) in [5, 5.41) is 3.35. The maximum atomic E-state index is 5.83. The fourth-order valence-electron chi connectivity index (χ4n) is 1.09. The van der Waals surface area contributed by atoms with E-state index in [0.29, 0.717) is 5.88 Å². The fraction of sp³-hybridized carbons (Fsp3) is 0.545. The molecule has 2 nitrogen and oxygen atoms in total. The zero-order valence-electron chi connectivity index (χ0n) is 9.06. The Morgan fingerprint density at radius 1 is 1.47 bits per heavy atom. The first kappa shape index (κ1) is 12.9. The van der Waals surface area contributed by atoms with Crippen molar-refractivity contribution < 1.29 is 0 Å². The Hall–Kier alpha value is -0.120. The van der Waals surface area contributed by atoms with Gasteiger partial charge in [0.15, 0.2) is 0 Å². The Morgan fingerprint density at radius 2 is 2.20 bits per heavy atom. The molecule has 1 aromatic rings. The van der Waals surface area contributed by atoms with Gasteiger partial charge in [-0.25, -0.2) is 0 Å². The summed E-state index contributed by atoms with van der Waals surface area (Å²) in [6.07, 6.45) is 1.81. The van der Waals surface area contributed by atoms with Crippen molar-refractivity contribution in [3.05, 3.63) is 28.5 Å². The van der Waals surface area contributed by atoms with Crippen LogP contribution in [0.25, 0.3) is 0 Å². The van der Waals surface area contributed by atoms with E-state index in [1.165, 1.54) is 0 Å². The molecule has 0 aliphatic heterocycles. The highest BCUT2D eigenvalue weighted by Gasteiger charge is 2.15. The Morgan fingerprint density at radius 3 is 2.73 bits per heavy atom. The lowest BCUT2D eigenvalue weighted by molar-refractivity contribution is 0.384. The summed E-state index contributed by atoms with van der Waals surface area (Å²) < 4.78 is 1.01. The molecule has 0 aliphatic carbocycles. The second kappa shape index (κ2) is 5.83. The minimum Gasteiger partial charge on any atom is -0.311 e. The Balaban J connectivity index is 2.35. The number of nitrogens with zero attached hydrogens (tertiary/aromatic N) is 1. The molecule has 0 atom stereocenters. The normalized spacial score (nSPS) is 11.7. The number of hydrogen-bond acceptors (Lipinski definition) is 2. The molecule has 0 saturated carbocycles. The largest absolute Gasteiger partial charge is 0.311 e. The summed E-state index contributed by atoms with van der Waals surface area (Å²) in [5.41, 5.74) is 1.18. The molecule has 0 fully saturated rings. The van der Waals surface area contributed by atoms with E-state index in [1.807, 2.05) is 18.3 Å². The third kappa shape index (κ3) is 4.96. The number of halogens is 2. The molecule has 0 spiro atoms. The van der Waals surface area contributed by atoms with Gasteiger partial charge in [-0.3, -0.25) is 4.98 Å². The molecule has 0 radical (unpaired) electrons. The number of hydrogen-bond donors (Lipinski definition) is 1. The van der Waals surface area contributed by atoms with Gasteiger partial charge in [0.1, 0.15) is 0 Å². The maximum Gasteiger partial charge on any atom is 0.0542 e. The molecule has 84 valence electrons. The van der Waals surface area contributed by atoms with Crippen molar-refractivity contribution in [3.8, 4) is 0 Å². The van der Waals surface area contributed by atoms with E-state index in [2.05, 4.69) is 40.1 Å². The van der Waals surface area contributed by atoms with Crippen molar-refractivity contribution in [2.75, 3.05) is 12.4 Å². The molecule has 15 heavy (non-hydrogen) atoms. The second-order valence-electron chi connectivity index (χ2n) is 4.37. The van der Waals surface area contributed by atoms with Gasteiger partial charge in [-0.15, -0.1) is 11.6 Å². The van der Waals surface area contributed by atoms with E-state index < -0.39 is 0 Å². The van der Waals surface area contributed by atoms with Gasteiger partial charge >= 0.3 is 0 Å². The van der Waals surface area contributed by atoms with Crippen LogP contribution in [0.5, 0.6) is 0 Å². The van der Waals surface area contributed by atoms with Gasteiger partial charge in [-0.1, -0.05) is 13.8 Å². The zero-order valence-corrected chi connectivity index (χ0v) is 11.4. The SMILES string of the molecule is CC(C)(CCl)CNCc1ccc(Br)cn1. The highest BCUT2D eigenvalue weighted by molar-refractivity contribution is 9.10. The average molecular weight is 292 g/mol. The molecule has 0 bridgehead atoms. The highest BCUT2D eigenvalue weighted by Crippen LogP contribution is 2.15. The third-order valence-corrected chi connectivity index (χ3v) is 3.25. The van der Waals surface area contributed by atoms with Crippen molar-refractivity contribution in [1.82, 2.24) is 10.3 Å². The molecule has 1 heterocycles. The van der Waals surface area contributed by atoms with Crippen LogP contribution >= 0.6 is 27.5 Å². The van der Waals surface area contributed by atoms with E-state index in [0.717, 1.165) is 23.3 Å². The Kier molecular flexibility index (Phi) is 5.03. The minimum absolute atomic E-state index is 0.136. The van der Waals surface area contributed by atoms with Gasteiger partial charge in [-0.05, 0) is 33.5 Å². The smallest absolute Gasteiger partial charge is 0.0542 e. The molecule has 0 amide bonds. The first-order chi connectivity index (χ1) is 7.03. The van der Waals surface area contributed by atoms with Crippen molar-refractivity contribution in [1.29, 1.82) is 0 Å². The lowest BCUT2D eigenvalue weighted by atomic mass is 9.96. The monoisotopic (exact) mass is 290 g/mol. The van der Waals surface area contributed by atoms with Crippen LogP contribution in [0.2, 0.25) is 0 Å². The lowest BCUT2D eigenvalue weighted by Gasteiger charge is -2.21. The molecule has 1 rings (SSSR count). The molecule has 4 heteroatoms. The number of pyridine rings is 1. The Labute approximate surface area is 105 Å². The second-order valence-corrected chi connectivity index (χ2v) is 5.55. The molecule has 0 saturated heterocycles. The van der Waals surface area contributed by atoms with Gasteiger partial charge in [0.2, 0.25) is 0 Å². The third-order valence-electron chi connectivity index (χ3n) is 2.06. The molecule has 0 aliphatic rings. The van der Waals surface area contributed by atoms with E-state index in [9.17, 15) is 0 Å². The van der Waals surface area contributed by atoms with Crippen molar-refractivity contribution in [2.24, 2.45) is 5.41 Å². The first-order valence-electron chi connectivity index (χ1n) is 4.91. The predicted molar refractivity (Wildman–Crippen MR) is 68.1 cm³/mol. The zero-order chi connectivity index (χ0) is 11.3. The van der Waals surface area contributed by atoms with Crippen LogP contribution in [0.3, 0.4) is 0 Å². The number of aromatic nitrogens is 1. The van der Waals surface area contributed by atoms with Crippen LogP contribution in [0, 0.1) is 5.41 Å². The number of rotatable bonds is 5. The quantitative estimate of drug-likeness (QED) is 0.843. The van der Waals surface area contributed by atoms with Gasteiger partial charge < -0.3 is 5.32 Å². The van der Waals surface area contributed by atoms with Crippen molar-refractivity contribution >= 4 is 27.5 Å². The maximum absolute atomic E-state index is 5.83. The summed E-state index contributed by atoms with van der Waals surface area (Å²) in [6.45, 7) is 5.96. The van der Waals surface area contributed by atoms with Crippen LogP contribution in [-0.2, 0) is 6.54 Å². The van der Waals surface area contributed by atoms with E-state index in [1.54, 1.807) is 0 Å². The van der Waals surface area contributed by atoms with Gasteiger partial charge in [0.05, 0.1) is 5.69 Å². The summed E-state index contributed by atoms with van der Waals surface area (Å²) in [4.78, 5) is 4.28. The minimum atomic E-state index is 0.136. The van der Waals surface area contributed by atoms with Crippen LogP contribution < -0.4 is 5.32 Å². The molecule has 0 aromatic carbocycles. The number of nitrogens with one attached hydrogen (secondary N) is 1. The molecule has 1 N–H and O–H groups in total. The summed E-state index contributed by atoms with van der Waals surface area (Å²) in [5.74, 6) is 0.660. The van der Waals surface area contributed by atoms with Crippen molar-refractivity contribution in [3.63, 3.8) is 0 Å². The van der Waals surface area contributed by atoms with Crippen LogP contribution in [0.1, 0.15) is 19.5 Å². The van der Waals surface area contributed by atoms with Crippen LogP contribution in [0.4, 0.5) is 0 Å². The molecule has 1 aromatic heterocycles. The Bertz CT molecular complexity index is 298. The standard InChI is InChI=1S/C11H16BrClN2/c1-11(2,7-13)8-14-6-10-4-3-9(12)5-15-10/h3-5,14H,6-8H2,1-2H3. The summed E-state index contributed by atoms with van der Waals surface area (Å²) in [7, 11) is 0. The van der Waals surface area contributed by atoms with Gasteiger partial charge in [0.25, 0.3) is 0 Å². The van der Waals surface area contributed by atoms with E-state index in [4.69, 9.17) is 11.6 Å². The molecule has 0 unspecified atom stereocenters. The lowest BCUT2D eigenvalue weighted by Crippen LogP contribution is -2.30. The fourth-order valence-corrected chi connectivity index (χ4v) is 1.42. The van der Waals surface area contributed by atoms with Crippen LogP contribution in [-0.4, -0.2) is 17.4 Å². The first-order valence-corrected chi connectivity index (χ1v) is 6.23. The van der Waals surface area contributed by atoms with E-state index >= 15 is 0 Å². The summed E-state index contributed by atoms with van der Waals surface area (Å²) in [6, 6.07) is 4.00. The highest BCUT2D eigenvalue weighted by atomic mass is 79.9.